The Kier molecular flexibility index (Phi) is 3.80. The molecule has 86 valence electrons. The third-order valence-electron chi connectivity index (χ3n) is 2.62. The first-order valence-corrected chi connectivity index (χ1v) is 5.62. The largest absolute Gasteiger partial charge is 0.394 e. The summed E-state index contributed by atoms with van der Waals surface area (Å²) in [5.74, 6) is 1.61. The highest BCUT2D eigenvalue weighted by molar-refractivity contribution is 5.81. The lowest BCUT2D eigenvalue weighted by atomic mass is 10.3. The van der Waals surface area contributed by atoms with E-state index in [-0.39, 0.29) is 12.6 Å². The molecule has 0 aromatic rings. The summed E-state index contributed by atoms with van der Waals surface area (Å²) in [6, 6.07) is 0.0832. The van der Waals surface area contributed by atoms with E-state index in [2.05, 4.69) is 15.6 Å². The molecule has 0 saturated heterocycles. The molecule has 1 aliphatic carbocycles. The lowest BCUT2D eigenvalue weighted by molar-refractivity contribution is 0.129. The van der Waals surface area contributed by atoms with Gasteiger partial charge in [-0.2, -0.15) is 0 Å². The summed E-state index contributed by atoms with van der Waals surface area (Å²) in [6.07, 6.45) is 2.67. The zero-order valence-corrected chi connectivity index (χ0v) is 8.91. The normalized spacial score (nSPS) is 24.9. The molecule has 0 radical (unpaired) electrons. The van der Waals surface area contributed by atoms with Crippen molar-refractivity contribution in [3.8, 4) is 0 Å². The van der Waals surface area contributed by atoms with Gasteiger partial charge in [0, 0.05) is 13.2 Å². The van der Waals surface area contributed by atoms with Gasteiger partial charge in [0.15, 0.2) is 5.96 Å². The topological polar surface area (TPSA) is 65.9 Å². The fraction of sp³-hybridized carbons (Fsp3) is 0.900. The number of aliphatic hydroxyl groups excluding tert-OH is 1. The van der Waals surface area contributed by atoms with Gasteiger partial charge in [-0.25, -0.2) is 0 Å². The van der Waals surface area contributed by atoms with Crippen LogP contribution < -0.4 is 10.6 Å². The minimum Gasteiger partial charge on any atom is -0.394 e. The quantitative estimate of drug-likeness (QED) is 0.512. The molecule has 1 fully saturated rings. The number of guanidine groups is 1. The first-order valence-electron chi connectivity index (χ1n) is 5.62. The molecule has 1 saturated carbocycles. The van der Waals surface area contributed by atoms with E-state index in [1.807, 2.05) is 0 Å². The van der Waals surface area contributed by atoms with E-state index in [4.69, 9.17) is 9.84 Å². The Balaban J connectivity index is 1.47. The highest BCUT2D eigenvalue weighted by Gasteiger charge is 2.21. The van der Waals surface area contributed by atoms with E-state index >= 15 is 0 Å². The van der Waals surface area contributed by atoms with Gasteiger partial charge < -0.3 is 20.5 Å². The maximum atomic E-state index is 8.87. The van der Waals surface area contributed by atoms with Crippen molar-refractivity contribution in [2.45, 2.75) is 18.9 Å². The lowest BCUT2D eigenvalue weighted by Gasteiger charge is -2.10. The molecule has 0 unspecified atom stereocenters. The number of hydrogen-bond donors (Lipinski definition) is 3. The number of hydrogen-bond acceptors (Lipinski definition) is 5. The molecule has 0 aromatic carbocycles. The molecule has 2 aliphatic rings. The maximum Gasteiger partial charge on any atom is 0.191 e. The summed E-state index contributed by atoms with van der Waals surface area (Å²) in [5.41, 5.74) is 0. The van der Waals surface area contributed by atoms with Crippen molar-refractivity contribution in [2.24, 2.45) is 10.9 Å². The molecule has 3 N–H and O–H groups in total. The molecule has 0 spiro atoms. The molecule has 0 bridgehead atoms. The fourth-order valence-corrected chi connectivity index (χ4v) is 1.47. The van der Waals surface area contributed by atoms with Crippen molar-refractivity contribution in [1.29, 1.82) is 0 Å². The standard InChI is InChI=1S/C10H19N3O2/c14-6-9-5-12-10(13-9)11-3-4-15-7-8-1-2-8/h8-9,14H,1-7H2,(H2,11,12,13)/t9-/m0/s1. The van der Waals surface area contributed by atoms with Gasteiger partial charge >= 0.3 is 0 Å². The number of aliphatic imine (C=N–C) groups is 1. The fourth-order valence-electron chi connectivity index (χ4n) is 1.47. The molecule has 2 rings (SSSR count). The van der Waals surface area contributed by atoms with Gasteiger partial charge in [-0.15, -0.1) is 0 Å². The van der Waals surface area contributed by atoms with Gasteiger partial charge in [0.05, 0.1) is 25.8 Å². The second-order valence-electron chi connectivity index (χ2n) is 4.16. The third kappa shape index (κ3) is 3.68. The predicted molar refractivity (Wildman–Crippen MR) is 57.9 cm³/mol. The zero-order valence-electron chi connectivity index (χ0n) is 8.91. The molecular formula is C10H19N3O2. The van der Waals surface area contributed by atoms with E-state index in [0.29, 0.717) is 6.54 Å². The summed E-state index contributed by atoms with van der Waals surface area (Å²) in [6.45, 7) is 3.19. The van der Waals surface area contributed by atoms with Crippen molar-refractivity contribution in [3.05, 3.63) is 0 Å². The average Bonchev–Trinajstić information content (AvgIpc) is 2.96. The molecule has 0 amide bonds. The van der Waals surface area contributed by atoms with Crippen molar-refractivity contribution in [1.82, 2.24) is 10.6 Å². The minimum absolute atomic E-state index is 0.0832. The van der Waals surface area contributed by atoms with Crippen molar-refractivity contribution >= 4 is 5.96 Å². The highest BCUT2D eigenvalue weighted by atomic mass is 16.5. The van der Waals surface area contributed by atoms with E-state index in [1.54, 1.807) is 0 Å². The van der Waals surface area contributed by atoms with E-state index in [9.17, 15) is 0 Å². The molecule has 5 heteroatoms. The summed E-state index contributed by atoms with van der Waals surface area (Å²) >= 11 is 0. The lowest BCUT2D eigenvalue weighted by Crippen LogP contribution is -2.41. The van der Waals surface area contributed by atoms with Crippen LogP contribution >= 0.6 is 0 Å². The highest BCUT2D eigenvalue weighted by Crippen LogP contribution is 2.28. The van der Waals surface area contributed by atoms with Crippen LogP contribution in [0.2, 0.25) is 0 Å². The Morgan fingerprint density at radius 3 is 3.07 bits per heavy atom. The molecular weight excluding hydrogens is 194 g/mol. The first kappa shape index (κ1) is 10.7. The monoisotopic (exact) mass is 213 g/mol. The number of rotatable bonds is 6. The van der Waals surface area contributed by atoms with Gasteiger partial charge in [-0.1, -0.05) is 0 Å². The Bertz CT molecular complexity index is 229. The summed E-state index contributed by atoms with van der Waals surface area (Å²) < 4.78 is 5.48. The van der Waals surface area contributed by atoms with Crippen LogP contribution in [0, 0.1) is 5.92 Å². The number of nitrogens with zero attached hydrogens (tertiary/aromatic N) is 1. The number of nitrogens with one attached hydrogen (secondary N) is 2. The summed E-state index contributed by atoms with van der Waals surface area (Å²) in [7, 11) is 0. The van der Waals surface area contributed by atoms with Gasteiger partial charge in [0.2, 0.25) is 0 Å². The molecule has 5 nitrogen and oxygen atoms in total. The molecule has 15 heavy (non-hydrogen) atoms. The van der Waals surface area contributed by atoms with Crippen LogP contribution in [0.5, 0.6) is 0 Å². The summed E-state index contributed by atoms with van der Waals surface area (Å²) in [5, 5.41) is 15.1. The van der Waals surface area contributed by atoms with E-state index in [0.717, 1.165) is 31.6 Å². The van der Waals surface area contributed by atoms with E-state index in [1.165, 1.54) is 12.8 Å². The average molecular weight is 213 g/mol. The molecule has 1 aliphatic heterocycles. The van der Waals surface area contributed by atoms with Crippen LogP contribution in [0.4, 0.5) is 0 Å². The van der Waals surface area contributed by atoms with Gasteiger partial charge in [0.25, 0.3) is 0 Å². The van der Waals surface area contributed by atoms with Crippen molar-refractivity contribution in [3.63, 3.8) is 0 Å². The number of ether oxygens (including phenoxy) is 1. The smallest absolute Gasteiger partial charge is 0.191 e. The number of aliphatic hydroxyl groups is 1. The molecule has 1 atom stereocenters. The van der Waals surface area contributed by atoms with Crippen LogP contribution in [0.15, 0.2) is 4.99 Å². The molecule has 1 heterocycles. The second kappa shape index (κ2) is 5.32. The molecule has 0 aromatic heterocycles. The van der Waals surface area contributed by atoms with Crippen LogP contribution in [-0.2, 0) is 4.74 Å². The van der Waals surface area contributed by atoms with Crippen LogP contribution in [0.25, 0.3) is 0 Å². The Morgan fingerprint density at radius 1 is 1.53 bits per heavy atom. The maximum absolute atomic E-state index is 8.87. The summed E-state index contributed by atoms with van der Waals surface area (Å²) in [4.78, 5) is 4.21. The Hall–Kier alpha value is -0.810. The van der Waals surface area contributed by atoms with Crippen LogP contribution in [0.3, 0.4) is 0 Å². The van der Waals surface area contributed by atoms with Crippen molar-refractivity contribution in [2.75, 3.05) is 32.9 Å². The Morgan fingerprint density at radius 2 is 2.40 bits per heavy atom. The SMILES string of the molecule is OC[C@@H]1CN=C(NCCOCC2CC2)N1. The first-order chi connectivity index (χ1) is 7.38. The van der Waals surface area contributed by atoms with Crippen molar-refractivity contribution < 1.29 is 9.84 Å². The third-order valence-corrected chi connectivity index (χ3v) is 2.62. The minimum atomic E-state index is 0.0832. The van der Waals surface area contributed by atoms with Gasteiger partial charge in [0.1, 0.15) is 0 Å². The van der Waals surface area contributed by atoms with Gasteiger partial charge in [-0.3, -0.25) is 4.99 Å². The van der Waals surface area contributed by atoms with Crippen LogP contribution in [0.1, 0.15) is 12.8 Å². The Labute approximate surface area is 89.9 Å². The predicted octanol–water partition coefficient (Wildman–Crippen LogP) is -0.677. The van der Waals surface area contributed by atoms with Gasteiger partial charge in [-0.05, 0) is 18.8 Å². The zero-order chi connectivity index (χ0) is 10.5. The van der Waals surface area contributed by atoms with E-state index < -0.39 is 0 Å². The van der Waals surface area contributed by atoms with Crippen LogP contribution in [-0.4, -0.2) is 50.0 Å². The second-order valence-corrected chi connectivity index (χ2v) is 4.16.